The average molecular weight is 312 g/mol. The summed E-state index contributed by atoms with van der Waals surface area (Å²) in [4.78, 5) is 18.1. The van der Waals surface area contributed by atoms with Gasteiger partial charge >= 0.3 is 0 Å². The van der Waals surface area contributed by atoms with Gasteiger partial charge in [0.2, 0.25) is 5.91 Å². The van der Waals surface area contributed by atoms with Gasteiger partial charge in [-0.3, -0.25) is 9.69 Å². The molecule has 114 valence electrons. The van der Waals surface area contributed by atoms with Crippen molar-refractivity contribution in [1.82, 2.24) is 9.88 Å². The quantitative estimate of drug-likeness (QED) is 0.917. The van der Waals surface area contributed by atoms with Crippen LogP contribution in [0.5, 0.6) is 0 Å². The highest BCUT2D eigenvalue weighted by molar-refractivity contribution is 6.30. The number of amides is 1. The molecule has 2 aliphatic heterocycles. The zero-order chi connectivity index (χ0) is 14.7. The highest BCUT2D eigenvalue weighted by Crippen LogP contribution is 2.31. The number of hydrogen-bond donors (Lipinski definition) is 1. The Morgan fingerprint density at radius 2 is 2.05 bits per heavy atom. The van der Waals surface area contributed by atoms with Gasteiger partial charge in [-0.1, -0.05) is 11.6 Å². The lowest BCUT2D eigenvalue weighted by molar-refractivity contribution is -0.185. The number of likely N-dealkylation sites (tertiary alicyclic amines) is 1. The van der Waals surface area contributed by atoms with Gasteiger partial charge in [-0.2, -0.15) is 0 Å². The Labute approximate surface area is 128 Å². The zero-order valence-corrected chi connectivity index (χ0v) is 12.4. The topological polar surface area (TPSA) is 63.7 Å². The van der Waals surface area contributed by atoms with Crippen molar-refractivity contribution < 1.29 is 14.3 Å². The van der Waals surface area contributed by atoms with Crippen molar-refractivity contribution in [2.45, 2.75) is 18.6 Å². The first-order valence-electron chi connectivity index (χ1n) is 7.07. The number of piperidine rings is 1. The lowest BCUT2D eigenvalue weighted by Gasteiger charge is -2.37. The Bertz CT molecular complexity index is 493. The summed E-state index contributed by atoms with van der Waals surface area (Å²) in [6.45, 7) is 3.27. The monoisotopic (exact) mass is 311 g/mol. The highest BCUT2D eigenvalue weighted by Gasteiger charge is 2.39. The van der Waals surface area contributed by atoms with Crippen LogP contribution in [0.1, 0.15) is 12.8 Å². The van der Waals surface area contributed by atoms with Gasteiger partial charge in [-0.05, 0) is 12.1 Å². The lowest BCUT2D eigenvalue weighted by Crippen LogP contribution is -2.47. The standard InChI is InChI=1S/C14H18ClN3O3/c15-11-1-2-12(16-9-11)17-13(19)10-18-5-3-14(4-6-18)20-7-8-21-14/h1-2,9H,3-8,10H2,(H,16,17,19). The van der Waals surface area contributed by atoms with Gasteiger partial charge in [0, 0.05) is 32.1 Å². The van der Waals surface area contributed by atoms with E-state index >= 15 is 0 Å². The van der Waals surface area contributed by atoms with Crippen LogP contribution in [-0.4, -0.2) is 54.4 Å². The minimum absolute atomic E-state index is 0.0750. The smallest absolute Gasteiger partial charge is 0.239 e. The van der Waals surface area contributed by atoms with E-state index in [1.807, 2.05) is 0 Å². The summed E-state index contributed by atoms with van der Waals surface area (Å²) in [6, 6.07) is 3.38. The van der Waals surface area contributed by atoms with Gasteiger partial charge in [0.1, 0.15) is 5.82 Å². The van der Waals surface area contributed by atoms with Crippen LogP contribution in [0.4, 0.5) is 5.82 Å². The first kappa shape index (κ1) is 14.7. The van der Waals surface area contributed by atoms with Gasteiger partial charge in [0.25, 0.3) is 0 Å². The largest absolute Gasteiger partial charge is 0.347 e. The summed E-state index contributed by atoms with van der Waals surface area (Å²) in [6.07, 6.45) is 3.12. The molecule has 6 nitrogen and oxygen atoms in total. The predicted molar refractivity (Wildman–Crippen MR) is 78.2 cm³/mol. The second-order valence-corrected chi connectivity index (χ2v) is 5.73. The maximum Gasteiger partial charge on any atom is 0.239 e. The number of halogens is 1. The van der Waals surface area contributed by atoms with Crippen LogP contribution in [0, 0.1) is 0 Å². The molecular formula is C14H18ClN3O3. The second-order valence-electron chi connectivity index (χ2n) is 5.29. The molecule has 7 heteroatoms. The van der Waals surface area contributed by atoms with Gasteiger partial charge in [0.05, 0.1) is 24.8 Å². The summed E-state index contributed by atoms with van der Waals surface area (Å²) in [7, 11) is 0. The zero-order valence-electron chi connectivity index (χ0n) is 11.7. The Balaban J connectivity index is 1.46. The van der Waals surface area contributed by atoms with E-state index in [1.54, 1.807) is 12.1 Å². The molecular weight excluding hydrogens is 294 g/mol. The van der Waals surface area contributed by atoms with Crippen LogP contribution in [0.25, 0.3) is 0 Å². The molecule has 3 heterocycles. The SMILES string of the molecule is O=C(CN1CCC2(CC1)OCCO2)Nc1ccc(Cl)cn1. The number of pyridine rings is 1. The Kier molecular flexibility index (Phi) is 4.40. The second kappa shape index (κ2) is 6.27. The number of rotatable bonds is 3. The van der Waals surface area contributed by atoms with Crippen molar-refractivity contribution in [2.24, 2.45) is 0 Å². The fourth-order valence-electron chi connectivity index (χ4n) is 2.67. The maximum absolute atomic E-state index is 12.0. The van der Waals surface area contributed by atoms with E-state index in [4.69, 9.17) is 21.1 Å². The number of anilines is 1. The fourth-order valence-corrected chi connectivity index (χ4v) is 2.78. The first-order valence-corrected chi connectivity index (χ1v) is 7.45. The molecule has 3 rings (SSSR count). The molecule has 0 saturated carbocycles. The molecule has 1 N–H and O–H groups in total. The van der Waals surface area contributed by atoms with E-state index in [0.29, 0.717) is 30.6 Å². The molecule has 0 atom stereocenters. The molecule has 0 aliphatic carbocycles. The van der Waals surface area contributed by atoms with E-state index in [-0.39, 0.29) is 5.91 Å². The third-order valence-corrected chi connectivity index (χ3v) is 4.02. The van der Waals surface area contributed by atoms with E-state index in [0.717, 1.165) is 25.9 Å². The molecule has 21 heavy (non-hydrogen) atoms. The highest BCUT2D eigenvalue weighted by atomic mass is 35.5. The molecule has 1 aromatic rings. The molecule has 0 aromatic carbocycles. The van der Waals surface area contributed by atoms with Crippen molar-refractivity contribution in [3.63, 3.8) is 0 Å². The number of nitrogens with zero attached hydrogens (tertiary/aromatic N) is 2. The Morgan fingerprint density at radius 1 is 1.33 bits per heavy atom. The van der Waals surface area contributed by atoms with Crippen LogP contribution in [-0.2, 0) is 14.3 Å². The fraction of sp³-hybridized carbons (Fsp3) is 0.571. The average Bonchev–Trinajstić information content (AvgIpc) is 2.93. The predicted octanol–water partition coefficient (Wildman–Crippen LogP) is 1.51. The number of ether oxygens (including phenoxy) is 2. The first-order chi connectivity index (χ1) is 10.2. The van der Waals surface area contributed by atoms with Crippen LogP contribution in [0.2, 0.25) is 5.02 Å². The summed E-state index contributed by atoms with van der Waals surface area (Å²) < 4.78 is 11.3. The van der Waals surface area contributed by atoms with Crippen LogP contribution in [0.15, 0.2) is 18.3 Å². The minimum Gasteiger partial charge on any atom is -0.347 e. The van der Waals surface area contributed by atoms with Crippen molar-refractivity contribution in [2.75, 3.05) is 38.2 Å². The summed E-state index contributed by atoms with van der Waals surface area (Å²) in [5.74, 6) is 0.0411. The third-order valence-electron chi connectivity index (χ3n) is 3.79. The molecule has 1 aromatic heterocycles. The number of hydrogen-bond acceptors (Lipinski definition) is 5. The van der Waals surface area contributed by atoms with Crippen molar-refractivity contribution in [3.8, 4) is 0 Å². The molecule has 2 fully saturated rings. The summed E-state index contributed by atoms with van der Waals surface area (Å²) in [5, 5.41) is 3.31. The lowest BCUT2D eigenvalue weighted by atomic mass is 10.0. The number of aromatic nitrogens is 1. The summed E-state index contributed by atoms with van der Waals surface area (Å²) in [5.41, 5.74) is 0. The number of carbonyl (C=O) groups excluding carboxylic acids is 1. The van der Waals surface area contributed by atoms with Crippen molar-refractivity contribution in [1.29, 1.82) is 0 Å². The molecule has 1 amide bonds. The van der Waals surface area contributed by atoms with E-state index in [2.05, 4.69) is 15.2 Å². The summed E-state index contributed by atoms with van der Waals surface area (Å²) >= 11 is 5.76. The van der Waals surface area contributed by atoms with Gasteiger partial charge in [-0.15, -0.1) is 0 Å². The van der Waals surface area contributed by atoms with E-state index in [9.17, 15) is 4.79 Å². The molecule has 1 spiro atoms. The van der Waals surface area contributed by atoms with Crippen LogP contribution >= 0.6 is 11.6 Å². The molecule has 0 radical (unpaired) electrons. The Morgan fingerprint density at radius 3 is 2.67 bits per heavy atom. The molecule has 2 aliphatic rings. The Hall–Kier alpha value is -1.21. The van der Waals surface area contributed by atoms with Gasteiger partial charge in [0.15, 0.2) is 5.79 Å². The van der Waals surface area contributed by atoms with Crippen LogP contribution in [0.3, 0.4) is 0 Å². The molecule has 2 saturated heterocycles. The number of nitrogens with one attached hydrogen (secondary N) is 1. The van der Waals surface area contributed by atoms with E-state index in [1.165, 1.54) is 6.20 Å². The number of carbonyl (C=O) groups is 1. The van der Waals surface area contributed by atoms with E-state index < -0.39 is 5.79 Å². The van der Waals surface area contributed by atoms with Gasteiger partial charge in [-0.25, -0.2) is 4.98 Å². The van der Waals surface area contributed by atoms with Crippen molar-refractivity contribution in [3.05, 3.63) is 23.4 Å². The van der Waals surface area contributed by atoms with Crippen LogP contribution < -0.4 is 5.32 Å². The molecule has 0 unspecified atom stereocenters. The maximum atomic E-state index is 12.0. The van der Waals surface area contributed by atoms with Crippen molar-refractivity contribution >= 4 is 23.3 Å². The normalized spacial score (nSPS) is 21.6. The molecule has 0 bridgehead atoms. The minimum atomic E-state index is -0.398. The third kappa shape index (κ3) is 3.71. The van der Waals surface area contributed by atoms with Gasteiger partial charge < -0.3 is 14.8 Å².